The summed E-state index contributed by atoms with van der Waals surface area (Å²) in [4.78, 5) is 28.4. The van der Waals surface area contributed by atoms with Gasteiger partial charge in [0.1, 0.15) is 24.2 Å². The van der Waals surface area contributed by atoms with E-state index < -0.39 is 18.2 Å². The normalized spacial score (nSPS) is 19.3. The number of nitrogens with zero attached hydrogens (tertiary/aromatic N) is 1. The van der Waals surface area contributed by atoms with Crippen molar-refractivity contribution < 1.29 is 29.3 Å². The lowest BCUT2D eigenvalue weighted by Crippen LogP contribution is -2.52. The van der Waals surface area contributed by atoms with Gasteiger partial charge < -0.3 is 41.0 Å². The van der Waals surface area contributed by atoms with E-state index in [1.165, 1.54) is 0 Å². The fraction of sp³-hybridized carbons (Fsp3) is 0.333. The summed E-state index contributed by atoms with van der Waals surface area (Å²) in [5.41, 5.74) is 6.03. The molecule has 11 nitrogen and oxygen atoms in total. The number of rotatable bonds is 16. The Morgan fingerprint density at radius 1 is 0.911 bits per heavy atom. The largest absolute Gasteiger partial charge is 0.506 e. The van der Waals surface area contributed by atoms with Crippen LogP contribution in [-0.4, -0.2) is 72.5 Å². The first-order valence-corrected chi connectivity index (χ1v) is 19.5. The molecular weight excluding hydrogens is 707 g/mol. The number of phenolic OH excluding ortho intramolecular Hbond substituents is 1. The molecule has 4 aliphatic heterocycles. The van der Waals surface area contributed by atoms with Crippen LogP contribution in [0.3, 0.4) is 0 Å². The summed E-state index contributed by atoms with van der Waals surface area (Å²) >= 11 is 0. The van der Waals surface area contributed by atoms with Crippen molar-refractivity contribution in [3.8, 4) is 11.5 Å². The standard InChI is InChI=1S/C45H51N5O6/c1-30-12-17-38-37(18-19-39(51)43(38)48-30)40(52)27-46-22-5-6-23-47-44(53)34-15-13-31(14-16-34)29-55-36-11-7-10-35(26-36)42(33-8-3-2-4-9-33)49-45(54)56-41-28-50-24-20-32(41)21-25-50/h2-4,7-19,26,32,40-42,46,48,51-52H,1,5-6,20-25,27-29H2,(H,47,53)(H,49,54)/t40-,41-,42?/m0/s1. The van der Waals surface area contributed by atoms with Crippen molar-refractivity contribution in [2.24, 2.45) is 5.92 Å². The maximum atomic E-state index is 13.2. The zero-order valence-electron chi connectivity index (χ0n) is 31.6. The number of unbranched alkanes of at least 4 members (excludes halogenated alkanes) is 1. The number of amides is 2. The topological polar surface area (TPSA) is 144 Å². The zero-order valence-corrected chi connectivity index (χ0v) is 31.6. The second-order valence-electron chi connectivity index (χ2n) is 14.8. The Balaban J connectivity index is 0.840. The molecule has 11 heteroatoms. The van der Waals surface area contributed by atoms with Crippen LogP contribution in [-0.2, 0) is 11.3 Å². The summed E-state index contributed by atoms with van der Waals surface area (Å²) < 4.78 is 12.1. The van der Waals surface area contributed by atoms with Crippen molar-refractivity contribution in [2.75, 3.05) is 44.6 Å². The molecule has 3 atom stereocenters. The molecule has 8 rings (SSSR count). The van der Waals surface area contributed by atoms with Gasteiger partial charge >= 0.3 is 6.09 Å². The molecule has 2 amide bonds. The molecule has 4 aromatic carbocycles. The van der Waals surface area contributed by atoms with E-state index in [2.05, 4.69) is 32.7 Å². The lowest BCUT2D eigenvalue weighted by atomic mass is 9.86. The van der Waals surface area contributed by atoms with Gasteiger partial charge in [0.25, 0.3) is 5.91 Å². The number of hydrogen-bond donors (Lipinski definition) is 6. The highest BCUT2D eigenvalue weighted by Gasteiger charge is 2.37. The van der Waals surface area contributed by atoms with Crippen LogP contribution in [0, 0.1) is 5.92 Å². The number of hydrogen-bond acceptors (Lipinski definition) is 9. The summed E-state index contributed by atoms with van der Waals surface area (Å²) in [6, 6.07) is 27.9. The van der Waals surface area contributed by atoms with Crippen molar-refractivity contribution in [3.05, 3.63) is 143 Å². The third-order valence-corrected chi connectivity index (χ3v) is 10.8. The number of aromatic hydroxyl groups is 1. The number of alkyl carbamates (subject to hydrolysis) is 1. The molecule has 1 unspecified atom stereocenters. The lowest BCUT2D eigenvalue weighted by Gasteiger charge is -2.43. The predicted molar refractivity (Wildman–Crippen MR) is 217 cm³/mol. The minimum Gasteiger partial charge on any atom is -0.506 e. The second kappa shape index (κ2) is 18.3. The van der Waals surface area contributed by atoms with Gasteiger partial charge in [-0.25, -0.2) is 4.79 Å². The SMILES string of the molecule is C=C1C=Cc2c([C@@H](O)CNCCCCNC(=O)c3ccc(COc4cccc(C(NC(=O)O[C@H]5CN6CCC5CC6)c5ccccc5)c4)cc3)ccc(O)c2N1. The highest BCUT2D eigenvalue weighted by molar-refractivity contribution is 5.94. The first-order valence-electron chi connectivity index (χ1n) is 19.5. The number of phenols is 1. The van der Waals surface area contributed by atoms with Crippen LogP contribution < -0.4 is 26.0 Å². The monoisotopic (exact) mass is 757 g/mol. The van der Waals surface area contributed by atoms with E-state index >= 15 is 0 Å². The Morgan fingerprint density at radius 3 is 2.45 bits per heavy atom. The Labute approximate surface area is 328 Å². The number of aliphatic hydroxyl groups is 1. The van der Waals surface area contributed by atoms with Crippen LogP contribution in [0.1, 0.15) is 76.0 Å². The van der Waals surface area contributed by atoms with Crippen LogP contribution in [0.2, 0.25) is 0 Å². The van der Waals surface area contributed by atoms with Gasteiger partial charge in [-0.2, -0.15) is 0 Å². The maximum absolute atomic E-state index is 13.2. The number of carbonyl (C=O) groups is 2. The fourth-order valence-electron chi connectivity index (χ4n) is 7.68. The van der Waals surface area contributed by atoms with E-state index in [4.69, 9.17) is 9.47 Å². The first-order chi connectivity index (χ1) is 27.3. The Bertz CT molecular complexity index is 2010. The first kappa shape index (κ1) is 38.6. The highest BCUT2D eigenvalue weighted by atomic mass is 16.6. The molecule has 4 heterocycles. The fourth-order valence-corrected chi connectivity index (χ4v) is 7.68. The van der Waals surface area contributed by atoms with Crippen LogP contribution >= 0.6 is 0 Å². The molecule has 0 aromatic heterocycles. The van der Waals surface area contributed by atoms with Gasteiger partial charge in [-0.15, -0.1) is 0 Å². The summed E-state index contributed by atoms with van der Waals surface area (Å²) in [7, 11) is 0. The van der Waals surface area contributed by atoms with Gasteiger partial charge in [-0.3, -0.25) is 9.69 Å². The van der Waals surface area contributed by atoms with Crippen molar-refractivity contribution >= 4 is 23.8 Å². The van der Waals surface area contributed by atoms with E-state index in [0.717, 1.165) is 73.1 Å². The van der Waals surface area contributed by atoms with Crippen molar-refractivity contribution in [1.29, 1.82) is 0 Å². The molecule has 0 spiro atoms. The van der Waals surface area contributed by atoms with Gasteiger partial charge in [0.2, 0.25) is 0 Å². The van der Waals surface area contributed by atoms with Gasteiger partial charge in [-0.1, -0.05) is 73.3 Å². The minimum atomic E-state index is -0.744. The Kier molecular flexibility index (Phi) is 12.7. The van der Waals surface area contributed by atoms with Crippen LogP contribution in [0.5, 0.6) is 11.5 Å². The van der Waals surface area contributed by atoms with Crippen LogP contribution in [0.15, 0.2) is 109 Å². The van der Waals surface area contributed by atoms with Crippen molar-refractivity contribution in [2.45, 2.75) is 50.5 Å². The van der Waals surface area contributed by atoms with Gasteiger partial charge in [-0.05, 0) is 110 Å². The summed E-state index contributed by atoms with van der Waals surface area (Å²) in [6.07, 6.45) is 6.18. The average molecular weight is 758 g/mol. The number of anilines is 1. The summed E-state index contributed by atoms with van der Waals surface area (Å²) in [5.74, 6) is 1.07. The molecule has 4 aliphatic rings. The number of allylic oxidation sites excluding steroid dienone is 1. The van der Waals surface area contributed by atoms with E-state index in [0.29, 0.717) is 54.9 Å². The Morgan fingerprint density at radius 2 is 1.68 bits per heavy atom. The number of benzene rings is 4. The molecule has 3 fully saturated rings. The quantitative estimate of drug-likeness (QED) is 0.0546. The lowest BCUT2D eigenvalue weighted by molar-refractivity contribution is -0.0336. The number of carbonyl (C=O) groups excluding carboxylic acids is 2. The highest BCUT2D eigenvalue weighted by Crippen LogP contribution is 2.37. The smallest absolute Gasteiger partial charge is 0.408 e. The molecule has 4 aromatic rings. The number of fused-ring (bicyclic) bond motifs is 4. The molecule has 2 bridgehead atoms. The minimum absolute atomic E-state index is 0.0792. The zero-order chi connectivity index (χ0) is 38.9. The van der Waals surface area contributed by atoms with Gasteiger partial charge in [0, 0.05) is 36.5 Å². The predicted octanol–water partition coefficient (Wildman–Crippen LogP) is 6.67. The number of piperidine rings is 3. The van der Waals surface area contributed by atoms with Crippen LogP contribution in [0.4, 0.5) is 10.5 Å². The van der Waals surface area contributed by atoms with Crippen LogP contribution in [0.25, 0.3) is 6.08 Å². The molecule has 0 radical (unpaired) electrons. The molecule has 292 valence electrons. The number of aliphatic hydroxyl groups excluding tert-OH is 1. The second-order valence-corrected chi connectivity index (χ2v) is 14.8. The average Bonchev–Trinajstić information content (AvgIpc) is 3.23. The van der Waals surface area contributed by atoms with Crippen molar-refractivity contribution in [1.82, 2.24) is 20.9 Å². The maximum Gasteiger partial charge on any atom is 0.408 e. The van der Waals surface area contributed by atoms with E-state index in [-0.39, 0.29) is 17.8 Å². The number of ether oxygens (including phenoxy) is 2. The third-order valence-electron chi connectivity index (χ3n) is 10.8. The van der Waals surface area contributed by atoms with Gasteiger partial charge in [0.05, 0.1) is 17.8 Å². The van der Waals surface area contributed by atoms with E-state index in [1.807, 2.05) is 78.9 Å². The van der Waals surface area contributed by atoms with E-state index in [1.54, 1.807) is 24.3 Å². The molecule has 0 saturated carbocycles. The van der Waals surface area contributed by atoms with E-state index in [9.17, 15) is 19.8 Å². The molecule has 6 N–H and O–H groups in total. The number of nitrogens with one attached hydrogen (secondary N) is 4. The summed E-state index contributed by atoms with van der Waals surface area (Å²) in [5, 5.41) is 33.4. The van der Waals surface area contributed by atoms with Crippen molar-refractivity contribution in [3.63, 3.8) is 0 Å². The molecular formula is C45H51N5O6. The Hall–Kier alpha value is -5.62. The summed E-state index contributed by atoms with van der Waals surface area (Å²) in [6.45, 7) is 8.74. The molecule has 0 aliphatic carbocycles. The molecule has 56 heavy (non-hydrogen) atoms. The van der Waals surface area contributed by atoms with Gasteiger partial charge in [0.15, 0.2) is 0 Å². The third kappa shape index (κ3) is 9.78. The molecule has 3 saturated heterocycles.